The maximum absolute atomic E-state index is 13.2. The van der Waals surface area contributed by atoms with Crippen molar-refractivity contribution in [3.05, 3.63) is 47.3 Å². The molecule has 2 heterocycles. The Labute approximate surface area is 167 Å². The molecule has 2 aromatic rings. The smallest absolute Gasteiger partial charge is 0.257 e. The molecule has 0 spiro atoms. The molecule has 6 heteroatoms. The molecule has 28 heavy (non-hydrogen) atoms. The van der Waals surface area contributed by atoms with Crippen molar-refractivity contribution >= 4 is 11.8 Å². The topological polar surface area (TPSA) is 58.4 Å². The zero-order valence-corrected chi connectivity index (χ0v) is 17.3. The summed E-state index contributed by atoms with van der Waals surface area (Å²) >= 11 is 0. The number of para-hydroxylation sites is 1. The molecule has 0 aliphatic carbocycles. The lowest BCUT2D eigenvalue weighted by Gasteiger charge is -2.33. The molecule has 0 N–H and O–H groups in total. The fourth-order valence-electron chi connectivity index (χ4n) is 4.05. The van der Waals surface area contributed by atoms with E-state index < -0.39 is 0 Å². The van der Waals surface area contributed by atoms with Gasteiger partial charge in [-0.05, 0) is 52.7 Å². The molecule has 2 amide bonds. The number of carbonyl (C=O) groups excluding carboxylic acids is 2. The van der Waals surface area contributed by atoms with E-state index in [0.717, 1.165) is 43.0 Å². The summed E-state index contributed by atoms with van der Waals surface area (Å²) in [6.45, 7) is 10.6. The summed E-state index contributed by atoms with van der Waals surface area (Å²) in [6.07, 6.45) is 1.46. The Kier molecular flexibility index (Phi) is 6.17. The number of piperidine rings is 1. The highest BCUT2D eigenvalue weighted by atomic mass is 16.2. The molecule has 150 valence electrons. The van der Waals surface area contributed by atoms with E-state index in [2.05, 4.69) is 5.10 Å². The minimum absolute atomic E-state index is 0.0194. The Morgan fingerprint density at radius 1 is 1.07 bits per heavy atom. The molecule has 1 fully saturated rings. The van der Waals surface area contributed by atoms with E-state index in [1.165, 1.54) is 0 Å². The Bertz CT molecular complexity index is 832. The number of amides is 2. The van der Waals surface area contributed by atoms with Gasteiger partial charge in [-0.2, -0.15) is 5.10 Å². The van der Waals surface area contributed by atoms with Gasteiger partial charge < -0.3 is 9.80 Å². The molecule has 0 radical (unpaired) electrons. The second kappa shape index (κ2) is 8.59. The van der Waals surface area contributed by atoms with Crippen molar-refractivity contribution in [3.8, 4) is 5.69 Å². The van der Waals surface area contributed by atoms with Crippen molar-refractivity contribution in [2.45, 2.75) is 40.5 Å². The average molecular weight is 383 g/mol. The highest BCUT2D eigenvalue weighted by Gasteiger charge is 2.31. The molecular formula is C22H30N4O2. The van der Waals surface area contributed by atoms with Crippen molar-refractivity contribution in [2.24, 2.45) is 5.92 Å². The summed E-state index contributed by atoms with van der Waals surface area (Å²) in [5.41, 5.74) is 3.23. The fourth-order valence-corrected chi connectivity index (χ4v) is 4.05. The van der Waals surface area contributed by atoms with E-state index in [1.54, 1.807) is 0 Å². The minimum Gasteiger partial charge on any atom is -0.343 e. The van der Waals surface area contributed by atoms with Crippen LogP contribution in [0, 0.1) is 19.8 Å². The Morgan fingerprint density at radius 2 is 1.68 bits per heavy atom. The lowest BCUT2D eigenvalue weighted by Crippen LogP contribution is -2.44. The van der Waals surface area contributed by atoms with Crippen LogP contribution in [0.3, 0.4) is 0 Å². The summed E-state index contributed by atoms with van der Waals surface area (Å²) in [6, 6.07) is 9.86. The Morgan fingerprint density at radius 3 is 2.25 bits per heavy atom. The number of rotatable bonds is 5. The van der Waals surface area contributed by atoms with Crippen molar-refractivity contribution in [1.29, 1.82) is 0 Å². The van der Waals surface area contributed by atoms with Crippen LogP contribution >= 0.6 is 0 Å². The normalized spacial score (nSPS) is 14.9. The molecular weight excluding hydrogens is 352 g/mol. The van der Waals surface area contributed by atoms with Crippen LogP contribution in [-0.4, -0.2) is 57.6 Å². The van der Waals surface area contributed by atoms with Gasteiger partial charge in [0.25, 0.3) is 5.91 Å². The lowest BCUT2D eigenvalue weighted by molar-refractivity contribution is -0.136. The van der Waals surface area contributed by atoms with Gasteiger partial charge in [-0.3, -0.25) is 9.59 Å². The predicted octanol–water partition coefficient (Wildman–Crippen LogP) is 3.21. The third kappa shape index (κ3) is 3.81. The number of aromatic nitrogens is 2. The largest absolute Gasteiger partial charge is 0.343 e. The van der Waals surface area contributed by atoms with Crippen molar-refractivity contribution < 1.29 is 9.59 Å². The molecule has 0 unspecified atom stereocenters. The van der Waals surface area contributed by atoms with Gasteiger partial charge in [0.15, 0.2) is 0 Å². The standard InChI is InChI=1S/C22H30N4O2/c1-5-24(6-2)21(27)18-12-14-25(15-13-18)22(28)20-16(3)23-26(17(20)4)19-10-8-7-9-11-19/h7-11,18H,5-6,12-15H2,1-4H3. The number of likely N-dealkylation sites (tertiary alicyclic amines) is 1. The molecule has 1 aliphatic heterocycles. The summed E-state index contributed by atoms with van der Waals surface area (Å²) in [5, 5.41) is 4.59. The van der Waals surface area contributed by atoms with Gasteiger partial charge >= 0.3 is 0 Å². The predicted molar refractivity (Wildman–Crippen MR) is 110 cm³/mol. The van der Waals surface area contributed by atoms with Gasteiger partial charge in [0.1, 0.15) is 0 Å². The van der Waals surface area contributed by atoms with Gasteiger partial charge in [-0.25, -0.2) is 4.68 Å². The number of hydrogen-bond acceptors (Lipinski definition) is 3. The summed E-state index contributed by atoms with van der Waals surface area (Å²) in [4.78, 5) is 29.5. The van der Waals surface area contributed by atoms with Crippen LogP contribution in [0.25, 0.3) is 5.69 Å². The third-order valence-electron chi connectivity index (χ3n) is 5.71. The average Bonchev–Trinajstić information content (AvgIpc) is 3.03. The number of benzene rings is 1. The molecule has 6 nitrogen and oxygen atoms in total. The van der Waals surface area contributed by atoms with Gasteiger partial charge in [0.2, 0.25) is 5.91 Å². The van der Waals surface area contributed by atoms with Crippen LogP contribution < -0.4 is 0 Å². The number of nitrogens with zero attached hydrogens (tertiary/aromatic N) is 4. The van der Waals surface area contributed by atoms with Crippen molar-refractivity contribution in [1.82, 2.24) is 19.6 Å². The number of aryl methyl sites for hydroxylation is 1. The highest BCUT2D eigenvalue weighted by molar-refractivity contribution is 5.96. The molecule has 1 aromatic carbocycles. The van der Waals surface area contributed by atoms with Crippen LogP contribution in [-0.2, 0) is 4.79 Å². The van der Waals surface area contributed by atoms with E-state index in [0.29, 0.717) is 18.7 Å². The molecule has 0 saturated carbocycles. The van der Waals surface area contributed by atoms with Gasteiger partial charge in [-0.1, -0.05) is 18.2 Å². The first-order valence-electron chi connectivity index (χ1n) is 10.2. The van der Waals surface area contributed by atoms with Crippen LogP contribution in [0.15, 0.2) is 30.3 Å². The maximum Gasteiger partial charge on any atom is 0.257 e. The quantitative estimate of drug-likeness (QED) is 0.798. The van der Waals surface area contributed by atoms with E-state index in [9.17, 15) is 9.59 Å². The zero-order valence-electron chi connectivity index (χ0n) is 17.3. The van der Waals surface area contributed by atoms with E-state index >= 15 is 0 Å². The van der Waals surface area contributed by atoms with Crippen molar-refractivity contribution in [3.63, 3.8) is 0 Å². The molecule has 0 bridgehead atoms. The minimum atomic E-state index is 0.0194. The maximum atomic E-state index is 13.2. The summed E-state index contributed by atoms with van der Waals surface area (Å²) in [5.74, 6) is 0.269. The summed E-state index contributed by atoms with van der Waals surface area (Å²) < 4.78 is 1.83. The fraction of sp³-hybridized carbons (Fsp3) is 0.500. The van der Waals surface area contributed by atoms with E-state index in [1.807, 2.05) is 72.5 Å². The van der Waals surface area contributed by atoms with Crippen LogP contribution in [0.5, 0.6) is 0 Å². The van der Waals surface area contributed by atoms with E-state index in [4.69, 9.17) is 0 Å². The van der Waals surface area contributed by atoms with Crippen LogP contribution in [0.1, 0.15) is 48.4 Å². The first kappa shape index (κ1) is 20.1. The Hall–Kier alpha value is -2.63. The van der Waals surface area contributed by atoms with E-state index in [-0.39, 0.29) is 17.7 Å². The molecule has 3 rings (SSSR count). The first-order chi connectivity index (χ1) is 13.5. The van der Waals surface area contributed by atoms with Gasteiger partial charge in [-0.15, -0.1) is 0 Å². The number of carbonyl (C=O) groups is 2. The third-order valence-corrected chi connectivity index (χ3v) is 5.71. The van der Waals surface area contributed by atoms with Gasteiger partial charge in [0, 0.05) is 32.1 Å². The second-order valence-electron chi connectivity index (χ2n) is 7.37. The highest BCUT2D eigenvalue weighted by Crippen LogP contribution is 2.24. The van der Waals surface area contributed by atoms with Crippen molar-refractivity contribution in [2.75, 3.05) is 26.2 Å². The molecule has 1 saturated heterocycles. The number of hydrogen-bond donors (Lipinski definition) is 0. The molecule has 1 aliphatic rings. The van der Waals surface area contributed by atoms with Gasteiger partial charge in [0.05, 0.1) is 22.6 Å². The lowest BCUT2D eigenvalue weighted by atomic mass is 9.94. The second-order valence-corrected chi connectivity index (χ2v) is 7.37. The van der Waals surface area contributed by atoms with Crippen LogP contribution in [0.2, 0.25) is 0 Å². The molecule has 1 aromatic heterocycles. The summed E-state index contributed by atoms with van der Waals surface area (Å²) in [7, 11) is 0. The SMILES string of the molecule is CCN(CC)C(=O)C1CCN(C(=O)c2c(C)nn(-c3ccccc3)c2C)CC1. The zero-order chi connectivity index (χ0) is 20.3. The monoisotopic (exact) mass is 382 g/mol. The molecule has 0 atom stereocenters. The first-order valence-corrected chi connectivity index (χ1v) is 10.2. The van der Waals surface area contributed by atoms with Crippen LogP contribution in [0.4, 0.5) is 0 Å². The Balaban J connectivity index is 1.73.